The Morgan fingerprint density at radius 2 is 1.39 bits per heavy atom. The second kappa shape index (κ2) is 5.42. The van der Waals surface area contributed by atoms with Gasteiger partial charge in [-0.15, -0.1) is 0 Å². The number of halogens is 7. The molecule has 0 saturated heterocycles. The van der Waals surface area contributed by atoms with Crippen LogP contribution in [-0.2, 0) is 4.74 Å². The van der Waals surface area contributed by atoms with Crippen LogP contribution >= 0.6 is 11.6 Å². The largest absolute Gasteiger partial charge is 0.363 e. The Bertz CT molecular complexity index is 281. The Kier molecular flexibility index (Phi) is 5.36. The van der Waals surface area contributed by atoms with Crippen LogP contribution in [0.4, 0.5) is 26.3 Å². The lowest BCUT2D eigenvalue weighted by Crippen LogP contribution is -2.56. The molecule has 0 aromatic rings. The fourth-order valence-corrected chi connectivity index (χ4v) is 1.23. The van der Waals surface area contributed by atoms with Gasteiger partial charge in [0.1, 0.15) is 12.2 Å². The zero-order chi connectivity index (χ0) is 14.9. The predicted octanol–water partition coefficient (Wildman–Crippen LogP) is 3.23. The van der Waals surface area contributed by atoms with Gasteiger partial charge in [-0.3, -0.25) is 5.73 Å². The van der Waals surface area contributed by atoms with Crippen LogP contribution in [-0.4, -0.2) is 35.5 Å². The number of hydrogen-bond acceptors (Lipinski definition) is 2. The molecule has 0 aliphatic rings. The standard InChI is InChI=1S/C9H14ClF6NO/c1-4(11)7(12,13)5(2)18-6(3)8(14,15)9(10,16)17/h4-6H,17H2,1-3H3. The minimum absolute atomic E-state index is 0.548. The van der Waals surface area contributed by atoms with E-state index in [0.717, 1.165) is 0 Å². The maximum absolute atomic E-state index is 13.2. The molecule has 0 heterocycles. The summed E-state index contributed by atoms with van der Waals surface area (Å²) < 4.78 is 82.1. The lowest BCUT2D eigenvalue weighted by atomic mass is 10.1. The zero-order valence-electron chi connectivity index (χ0n) is 9.86. The van der Waals surface area contributed by atoms with Gasteiger partial charge >= 0.3 is 17.1 Å². The highest BCUT2D eigenvalue weighted by molar-refractivity contribution is 6.23. The summed E-state index contributed by atoms with van der Waals surface area (Å²) in [6.07, 6.45) is -7.17. The molecule has 2 nitrogen and oxygen atoms in total. The Hall–Kier alpha value is -0.210. The summed E-state index contributed by atoms with van der Waals surface area (Å²) >= 11 is 4.60. The minimum atomic E-state index is -4.42. The van der Waals surface area contributed by atoms with E-state index in [1.165, 1.54) is 0 Å². The van der Waals surface area contributed by atoms with Gasteiger partial charge in [0.25, 0.3) is 0 Å². The first kappa shape index (κ1) is 17.8. The van der Waals surface area contributed by atoms with Gasteiger partial charge in [-0.25, -0.2) is 17.6 Å². The molecule has 0 spiro atoms. The first-order valence-corrected chi connectivity index (χ1v) is 5.34. The van der Waals surface area contributed by atoms with Crippen LogP contribution in [0.2, 0.25) is 0 Å². The van der Waals surface area contributed by atoms with Crippen LogP contribution in [0, 0.1) is 0 Å². The van der Waals surface area contributed by atoms with Crippen molar-refractivity contribution in [3.05, 3.63) is 0 Å². The summed E-state index contributed by atoms with van der Waals surface area (Å²) in [5, 5.41) is -3.96. The molecule has 0 aliphatic heterocycles. The Morgan fingerprint density at radius 3 is 1.67 bits per heavy atom. The number of rotatable bonds is 6. The van der Waals surface area contributed by atoms with Gasteiger partial charge in [-0.05, 0) is 20.8 Å². The van der Waals surface area contributed by atoms with Crippen LogP contribution < -0.4 is 5.73 Å². The van der Waals surface area contributed by atoms with Crippen LogP contribution in [0.5, 0.6) is 0 Å². The number of hydrogen-bond donors (Lipinski definition) is 1. The molecule has 110 valence electrons. The summed E-state index contributed by atoms with van der Waals surface area (Å²) in [4.78, 5) is 0. The Morgan fingerprint density at radius 1 is 1.00 bits per heavy atom. The van der Waals surface area contributed by atoms with E-state index in [4.69, 9.17) is 0 Å². The molecule has 0 aromatic heterocycles. The molecule has 0 aromatic carbocycles. The maximum Gasteiger partial charge on any atom is 0.333 e. The maximum atomic E-state index is 13.2. The lowest BCUT2D eigenvalue weighted by Gasteiger charge is -2.33. The molecule has 0 amide bonds. The topological polar surface area (TPSA) is 35.2 Å². The zero-order valence-corrected chi connectivity index (χ0v) is 10.6. The third-order valence-corrected chi connectivity index (χ3v) is 2.69. The monoisotopic (exact) mass is 301 g/mol. The van der Waals surface area contributed by atoms with E-state index in [0.29, 0.717) is 20.8 Å². The van der Waals surface area contributed by atoms with Crippen molar-refractivity contribution in [2.45, 2.75) is 56.2 Å². The quantitative estimate of drug-likeness (QED) is 0.464. The minimum Gasteiger partial charge on any atom is -0.363 e. The summed E-state index contributed by atoms with van der Waals surface area (Å²) in [6, 6.07) is 0. The van der Waals surface area contributed by atoms with Crippen molar-refractivity contribution < 1.29 is 31.1 Å². The SMILES string of the molecule is CC(F)C(F)(F)C(C)OC(C)C(F)(F)C(N)(F)Cl. The molecule has 0 fully saturated rings. The fraction of sp³-hybridized carbons (Fsp3) is 1.00. The second-order valence-corrected chi connectivity index (χ2v) is 4.51. The molecule has 0 rings (SSSR count). The van der Waals surface area contributed by atoms with Gasteiger partial charge in [0, 0.05) is 0 Å². The highest BCUT2D eigenvalue weighted by Gasteiger charge is 2.57. The average Bonchev–Trinajstić information content (AvgIpc) is 2.15. The molecule has 0 bridgehead atoms. The van der Waals surface area contributed by atoms with Gasteiger partial charge in [0.15, 0.2) is 6.17 Å². The highest BCUT2D eigenvalue weighted by Crippen LogP contribution is 2.38. The van der Waals surface area contributed by atoms with Crippen molar-refractivity contribution in [1.29, 1.82) is 0 Å². The Balaban J connectivity index is 4.83. The van der Waals surface area contributed by atoms with Gasteiger partial charge < -0.3 is 4.74 Å². The van der Waals surface area contributed by atoms with E-state index in [1.807, 2.05) is 0 Å². The van der Waals surface area contributed by atoms with Crippen molar-refractivity contribution in [2.24, 2.45) is 5.73 Å². The molecule has 4 unspecified atom stereocenters. The first-order chi connectivity index (χ1) is 7.74. The van der Waals surface area contributed by atoms with Crippen molar-refractivity contribution in [3.63, 3.8) is 0 Å². The molecular formula is C9H14ClF6NO. The van der Waals surface area contributed by atoms with Gasteiger partial charge in [-0.2, -0.15) is 8.78 Å². The lowest BCUT2D eigenvalue weighted by molar-refractivity contribution is -0.238. The third kappa shape index (κ3) is 3.64. The number of ether oxygens (including phenoxy) is 1. The van der Waals surface area contributed by atoms with Crippen molar-refractivity contribution in [3.8, 4) is 0 Å². The normalized spacial score (nSPS) is 22.2. The summed E-state index contributed by atoms with van der Waals surface area (Å²) in [6.45, 7) is 1.85. The van der Waals surface area contributed by atoms with Crippen molar-refractivity contribution in [1.82, 2.24) is 0 Å². The Labute approximate surface area is 105 Å². The van der Waals surface area contributed by atoms with Gasteiger partial charge in [-0.1, -0.05) is 11.6 Å². The number of alkyl halides is 7. The number of nitrogens with two attached hydrogens (primary N) is 1. The average molecular weight is 302 g/mol. The first-order valence-electron chi connectivity index (χ1n) is 4.96. The molecular weight excluding hydrogens is 288 g/mol. The van der Waals surface area contributed by atoms with E-state index in [1.54, 1.807) is 0 Å². The summed E-state index contributed by atoms with van der Waals surface area (Å²) in [5.74, 6) is -8.41. The fourth-order valence-electron chi connectivity index (χ4n) is 1.08. The third-order valence-electron chi connectivity index (χ3n) is 2.44. The van der Waals surface area contributed by atoms with Crippen LogP contribution in [0.1, 0.15) is 20.8 Å². The van der Waals surface area contributed by atoms with E-state index in [2.05, 4.69) is 22.1 Å². The van der Waals surface area contributed by atoms with Gasteiger partial charge in [0.05, 0.1) is 0 Å². The summed E-state index contributed by atoms with van der Waals surface area (Å²) in [7, 11) is 0. The molecule has 18 heavy (non-hydrogen) atoms. The van der Waals surface area contributed by atoms with E-state index in [-0.39, 0.29) is 0 Å². The van der Waals surface area contributed by atoms with Crippen LogP contribution in [0.15, 0.2) is 0 Å². The molecule has 2 N–H and O–H groups in total. The van der Waals surface area contributed by atoms with Crippen LogP contribution in [0.3, 0.4) is 0 Å². The van der Waals surface area contributed by atoms with Crippen molar-refractivity contribution >= 4 is 11.6 Å². The van der Waals surface area contributed by atoms with E-state index >= 15 is 0 Å². The smallest absolute Gasteiger partial charge is 0.333 e. The molecule has 0 radical (unpaired) electrons. The van der Waals surface area contributed by atoms with Crippen LogP contribution in [0.25, 0.3) is 0 Å². The molecule has 9 heteroatoms. The van der Waals surface area contributed by atoms with E-state index in [9.17, 15) is 26.3 Å². The summed E-state index contributed by atoms with van der Waals surface area (Å²) in [5.41, 5.74) is 4.37. The predicted molar refractivity (Wildman–Crippen MR) is 54.4 cm³/mol. The van der Waals surface area contributed by atoms with E-state index < -0.39 is 35.5 Å². The van der Waals surface area contributed by atoms with Crippen molar-refractivity contribution in [2.75, 3.05) is 0 Å². The highest BCUT2D eigenvalue weighted by atomic mass is 35.5. The molecule has 4 atom stereocenters. The second-order valence-electron chi connectivity index (χ2n) is 3.96. The molecule has 0 aliphatic carbocycles. The molecule has 0 saturated carbocycles. The van der Waals surface area contributed by atoms with Gasteiger partial charge in [0.2, 0.25) is 0 Å².